The Morgan fingerprint density at radius 1 is 1.00 bits per heavy atom. The summed E-state index contributed by atoms with van der Waals surface area (Å²) in [5, 5.41) is 0.415. The predicted octanol–water partition coefficient (Wildman–Crippen LogP) is 6.13. The van der Waals surface area contributed by atoms with E-state index in [2.05, 4.69) is 5.32 Å². The van der Waals surface area contributed by atoms with Crippen LogP contribution in [-0.2, 0) is 5.67 Å². The number of amides is 1. The first kappa shape index (κ1) is 23.9. The number of carbonyl (C=O) groups excluding carboxylic acids is 1. The summed E-state index contributed by atoms with van der Waals surface area (Å²) in [6, 6.07) is 4.25. The Labute approximate surface area is 174 Å². The molecule has 2 rings (SSSR count). The molecule has 0 fully saturated rings. The molecule has 4 nitrogen and oxygen atoms in total. The smallest absolute Gasteiger partial charge is 0.435 e. The molecule has 164 valence electrons. The highest BCUT2D eigenvalue weighted by atomic mass is 35.5. The van der Waals surface area contributed by atoms with E-state index in [0.717, 1.165) is 0 Å². The van der Waals surface area contributed by atoms with Gasteiger partial charge >= 0.3 is 18.0 Å². The van der Waals surface area contributed by atoms with Crippen LogP contribution in [0.5, 0.6) is 5.75 Å². The van der Waals surface area contributed by atoms with E-state index < -0.39 is 45.2 Å². The molecule has 30 heavy (non-hydrogen) atoms. The first-order chi connectivity index (χ1) is 13.6. The number of benzene rings is 2. The van der Waals surface area contributed by atoms with Crippen LogP contribution in [0.25, 0.3) is 0 Å². The van der Waals surface area contributed by atoms with Gasteiger partial charge in [-0.15, -0.1) is 0 Å². The third-order valence-corrected chi connectivity index (χ3v) is 4.55. The van der Waals surface area contributed by atoms with Crippen molar-refractivity contribution >= 4 is 40.5 Å². The molecule has 2 aromatic rings. The van der Waals surface area contributed by atoms with E-state index in [4.69, 9.17) is 33.7 Å². The normalized spacial score (nSPS) is 12.6. The second kappa shape index (κ2) is 8.03. The zero-order chi connectivity index (χ0) is 23.1. The van der Waals surface area contributed by atoms with Crippen LogP contribution in [0.1, 0.15) is 15.9 Å². The predicted molar refractivity (Wildman–Crippen MR) is 96.7 cm³/mol. The topological polar surface area (TPSA) is 64.3 Å². The lowest BCUT2D eigenvalue weighted by Crippen LogP contribution is -2.50. The summed E-state index contributed by atoms with van der Waals surface area (Å²) in [6.07, 6.45) is -12.7. The molecule has 13 heteroatoms. The van der Waals surface area contributed by atoms with Crippen LogP contribution < -0.4 is 15.8 Å². The van der Waals surface area contributed by atoms with Gasteiger partial charge in [-0.1, -0.05) is 29.3 Å². The fourth-order valence-electron chi connectivity index (χ4n) is 2.52. The number of methoxy groups -OCH3 is 1. The van der Waals surface area contributed by atoms with Gasteiger partial charge in [0.25, 0.3) is 5.91 Å². The fourth-order valence-corrected chi connectivity index (χ4v) is 3.10. The van der Waals surface area contributed by atoms with Crippen LogP contribution in [-0.4, -0.2) is 25.4 Å². The molecular weight excluding hydrogens is 468 g/mol. The van der Waals surface area contributed by atoms with Crippen LogP contribution in [0.2, 0.25) is 10.0 Å². The van der Waals surface area contributed by atoms with Gasteiger partial charge in [0.2, 0.25) is 0 Å². The Balaban J connectivity index is 2.52. The van der Waals surface area contributed by atoms with Crippen molar-refractivity contribution in [2.75, 3.05) is 18.2 Å². The van der Waals surface area contributed by atoms with E-state index in [0.29, 0.717) is 0 Å². The molecule has 0 heterocycles. The molecular formula is C17H11Cl2F7N2O2. The van der Waals surface area contributed by atoms with Crippen LogP contribution in [0.15, 0.2) is 30.3 Å². The Kier molecular flexibility index (Phi) is 6.39. The van der Waals surface area contributed by atoms with Gasteiger partial charge in [-0.3, -0.25) is 4.79 Å². The van der Waals surface area contributed by atoms with Gasteiger partial charge in [-0.2, -0.15) is 26.3 Å². The number of hydrogen-bond acceptors (Lipinski definition) is 3. The van der Waals surface area contributed by atoms with Crippen LogP contribution in [0.4, 0.5) is 42.1 Å². The standard InChI is InChI=1S/C17H11Cl2F7N2O2/c1-30-13-8(3-2-4-11(13)27)14(29)28-12-9(18)5-7(6-10(12)19)15(20,16(21,22)23)17(24,25)26/h2-6H,27H2,1H3,(H,28,29). The molecule has 0 aliphatic carbocycles. The molecule has 1 amide bonds. The van der Waals surface area contributed by atoms with Crippen LogP contribution in [0, 0.1) is 0 Å². The van der Waals surface area contributed by atoms with E-state index in [-0.39, 0.29) is 29.1 Å². The van der Waals surface area contributed by atoms with Crippen molar-refractivity contribution in [3.05, 3.63) is 51.5 Å². The maximum Gasteiger partial charge on any atom is 0.435 e. The molecule has 0 spiro atoms. The first-order valence-electron chi connectivity index (χ1n) is 7.70. The van der Waals surface area contributed by atoms with Gasteiger partial charge in [0.05, 0.1) is 34.1 Å². The summed E-state index contributed by atoms with van der Waals surface area (Å²) >= 11 is 11.4. The second-order valence-corrected chi connectivity index (χ2v) is 6.67. The maximum absolute atomic E-state index is 14.2. The Morgan fingerprint density at radius 3 is 1.93 bits per heavy atom. The van der Waals surface area contributed by atoms with Crippen molar-refractivity contribution in [1.82, 2.24) is 0 Å². The lowest BCUT2D eigenvalue weighted by atomic mass is 9.94. The summed E-state index contributed by atoms with van der Waals surface area (Å²) < 4.78 is 96.8. The molecule has 0 aliphatic heterocycles. The largest absolute Gasteiger partial charge is 0.494 e. The number of alkyl halides is 7. The van der Waals surface area contributed by atoms with Gasteiger partial charge in [0, 0.05) is 5.56 Å². The number of rotatable bonds is 4. The van der Waals surface area contributed by atoms with E-state index in [9.17, 15) is 35.5 Å². The number of nitrogens with one attached hydrogen (secondary N) is 1. The monoisotopic (exact) mass is 478 g/mol. The zero-order valence-corrected chi connectivity index (χ0v) is 16.2. The molecule has 0 aromatic heterocycles. The van der Waals surface area contributed by atoms with E-state index in [1.807, 2.05) is 0 Å². The Hall–Kier alpha value is -2.40. The average molecular weight is 479 g/mol. The number of carbonyl (C=O) groups is 1. The van der Waals surface area contributed by atoms with Gasteiger partial charge in [-0.05, 0) is 24.3 Å². The fraction of sp³-hybridized carbons (Fsp3) is 0.235. The van der Waals surface area contributed by atoms with Crippen molar-refractivity contribution in [3.8, 4) is 5.75 Å². The van der Waals surface area contributed by atoms with Gasteiger partial charge in [-0.25, -0.2) is 4.39 Å². The molecule has 0 unspecified atom stereocenters. The lowest BCUT2D eigenvalue weighted by molar-refractivity contribution is -0.348. The van der Waals surface area contributed by atoms with E-state index in [1.54, 1.807) is 0 Å². The molecule has 0 saturated heterocycles. The minimum atomic E-state index is -6.35. The highest BCUT2D eigenvalue weighted by Crippen LogP contribution is 2.54. The van der Waals surface area contributed by atoms with Crippen molar-refractivity contribution in [2.24, 2.45) is 0 Å². The average Bonchev–Trinajstić information content (AvgIpc) is 2.61. The number of ether oxygens (including phenoxy) is 1. The molecule has 0 radical (unpaired) electrons. The van der Waals surface area contributed by atoms with E-state index in [1.165, 1.54) is 25.3 Å². The molecule has 0 saturated carbocycles. The van der Waals surface area contributed by atoms with Gasteiger partial charge in [0.1, 0.15) is 0 Å². The molecule has 0 bridgehead atoms. The number of anilines is 2. The van der Waals surface area contributed by atoms with Crippen LogP contribution >= 0.6 is 23.2 Å². The number of para-hydroxylation sites is 1. The van der Waals surface area contributed by atoms with Gasteiger partial charge < -0.3 is 15.8 Å². The Bertz CT molecular complexity index is 941. The quantitative estimate of drug-likeness (QED) is 0.410. The summed E-state index contributed by atoms with van der Waals surface area (Å²) in [5.74, 6) is -0.982. The van der Waals surface area contributed by atoms with Gasteiger partial charge in [0.15, 0.2) is 5.75 Å². The number of halogens is 9. The summed E-state index contributed by atoms with van der Waals surface area (Å²) in [6.45, 7) is 0. The third kappa shape index (κ3) is 4.08. The molecule has 0 aliphatic rings. The molecule has 0 atom stereocenters. The summed E-state index contributed by atoms with van der Waals surface area (Å²) in [4.78, 5) is 12.5. The minimum absolute atomic E-state index is 0.0456. The van der Waals surface area contributed by atoms with Crippen molar-refractivity contribution in [1.29, 1.82) is 0 Å². The molecule has 2 aromatic carbocycles. The Morgan fingerprint density at radius 2 is 1.50 bits per heavy atom. The second-order valence-electron chi connectivity index (χ2n) is 5.85. The third-order valence-electron chi connectivity index (χ3n) is 3.95. The first-order valence-corrected chi connectivity index (χ1v) is 8.46. The highest BCUT2D eigenvalue weighted by molar-refractivity contribution is 6.40. The zero-order valence-electron chi connectivity index (χ0n) is 14.7. The lowest BCUT2D eigenvalue weighted by Gasteiger charge is -2.30. The number of nitrogens with two attached hydrogens (primary N) is 1. The van der Waals surface area contributed by atoms with Crippen molar-refractivity contribution in [2.45, 2.75) is 18.0 Å². The van der Waals surface area contributed by atoms with Crippen LogP contribution in [0.3, 0.4) is 0 Å². The van der Waals surface area contributed by atoms with E-state index >= 15 is 0 Å². The minimum Gasteiger partial charge on any atom is -0.494 e. The summed E-state index contributed by atoms with van der Waals surface area (Å²) in [7, 11) is 1.21. The van der Waals surface area contributed by atoms with Crippen molar-refractivity contribution < 1.29 is 40.3 Å². The van der Waals surface area contributed by atoms with Crippen molar-refractivity contribution in [3.63, 3.8) is 0 Å². The number of hydrogen-bond donors (Lipinski definition) is 2. The SMILES string of the molecule is COc1c(N)cccc1C(=O)Nc1c(Cl)cc(C(F)(C(F)(F)F)C(F)(F)F)cc1Cl. The molecule has 3 N–H and O–H groups in total. The number of nitrogen functional groups attached to an aromatic ring is 1. The summed E-state index contributed by atoms with van der Waals surface area (Å²) in [5.41, 5.74) is -2.55. The maximum atomic E-state index is 14.2. The highest BCUT2D eigenvalue weighted by Gasteiger charge is 2.73.